The molecule has 3 rings (SSSR count). The molecule has 0 fully saturated rings. The summed E-state index contributed by atoms with van der Waals surface area (Å²) in [7, 11) is 1.62. The number of nitrogens with one attached hydrogen (secondary N) is 2. The first-order valence-electron chi connectivity index (χ1n) is 9.42. The molecule has 0 spiro atoms. The third kappa shape index (κ3) is 4.30. The van der Waals surface area contributed by atoms with Crippen molar-refractivity contribution in [1.82, 2.24) is 20.2 Å². The second-order valence-electron chi connectivity index (χ2n) is 6.63. The summed E-state index contributed by atoms with van der Waals surface area (Å²) in [5.74, 6) is 0.634. The molecule has 1 aliphatic heterocycles. The molecule has 0 saturated heterocycles. The molecule has 0 aliphatic carbocycles. The maximum Gasteiger partial charge on any atom is 0.287 e. The number of carbonyl (C=O) groups excluding carboxylic acids is 2. The Morgan fingerprint density at radius 2 is 1.93 bits per heavy atom. The highest BCUT2D eigenvalue weighted by molar-refractivity contribution is 5.97. The van der Waals surface area contributed by atoms with Crippen molar-refractivity contribution in [3.63, 3.8) is 0 Å². The average molecular weight is 370 g/mol. The van der Waals surface area contributed by atoms with Crippen molar-refractivity contribution >= 4 is 11.8 Å². The molecule has 0 bridgehead atoms. The van der Waals surface area contributed by atoms with E-state index in [1.54, 1.807) is 7.11 Å². The van der Waals surface area contributed by atoms with Crippen LogP contribution in [0.15, 0.2) is 24.3 Å². The molecule has 1 aromatic carbocycles. The quantitative estimate of drug-likeness (QED) is 0.783. The lowest BCUT2D eigenvalue weighted by molar-refractivity contribution is 0.0935. The van der Waals surface area contributed by atoms with Gasteiger partial charge < -0.3 is 19.9 Å². The number of methoxy groups -OCH3 is 1. The van der Waals surface area contributed by atoms with Crippen LogP contribution in [0.3, 0.4) is 0 Å². The smallest absolute Gasteiger partial charge is 0.287 e. The summed E-state index contributed by atoms with van der Waals surface area (Å²) >= 11 is 0. The summed E-state index contributed by atoms with van der Waals surface area (Å²) in [6, 6.07) is 7.53. The molecule has 7 nitrogen and oxygen atoms in total. The van der Waals surface area contributed by atoms with Crippen LogP contribution in [-0.4, -0.2) is 35.0 Å². The third-order valence-corrected chi connectivity index (χ3v) is 4.68. The van der Waals surface area contributed by atoms with E-state index in [1.807, 2.05) is 35.8 Å². The second-order valence-corrected chi connectivity index (χ2v) is 6.63. The van der Waals surface area contributed by atoms with Crippen molar-refractivity contribution in [3.8, 4) is 5.75 Å². The summed E-state index contributed by atoms with van der Waals surface area (Å²) in [6.07, 6.45) is 3.62. The minimum Gasteiger partial charge on any atom is -0.497 e. The molecule has 144 valence electrons. The van der Waals surface area contributed by atoms with Gasteiger partial charge >= 0.3 is 0 Å². The van der Waals surface area contributed by atoms with Crippen LogP contribution in [0.25, 0.3) is 0 Å². The lowest BCUT2D eigenvalue weighted by atomic mass is 10.1. The number of fused-ring (bicyclic) bond motifs is 1. The van der Waals surface area contributed by atoms with Crippen molar-refractivity contribution in [2.24, 2.45) is 0 Å². The molecule has 1 aromatic heterocycles. The van der Waals surface area contributed by atoms with Gasteiger partial charge in [-0.25, -0.2) is 4.98 Å². The van der Waals surface area contributed by atoms with E-state index in [1.165, 1.54) is 0 Å². The van der Waals surface area contributed by atoms with Crippen LogP contribution >= 0.6 is 0 Å². The van der Waals surface area contributed by atoms with Gasteiger partial charge in [0.1, 0.15) is 11.4 Å². The van der Waals surface area contributed by atoms with Gasteiger partial charge in [-0.15, -0.1) is 0 Å². The van der Waals surface area contributed by atoms with E-state index in [2.05, 4.69) is 15.6 Å². The normalized spacial score (nSPS) is 13.0. The van der Waals surface area contributed by atoms with Crippen LogP contribution in [0.5, 0.6) is 5.75 Å². The third-order valence-electron chi connectivity index (χ3n) is 4.68. The molecule has 0 atom stereocenters. The van der Waals surface area contributed by atoms with Crippen molar-refractivity contribution in [2.45, 2.75) is 45.7 Å². The van der Waals surface area contributed by atoms with Crippen LogP contribution in [0.4, 0.5) is 0 Å². The number of benzene rings is 1. The van der Waals surface area contributed by atoms with Gasteiger partial charge in [-0.2, -0.15) is 0 Å². The summed E-state index contributed by atoms with van der Waals surface area (Å²) in [6.45, 7) is 3.71. The number of rotatable bonds is 7. The number of ether oxygens (including phenoxy) is 1. The zero-order valence-corrected chi connectivity index (χ0v) is 15.9. The fourth-order valence-electron chi connectivity index (χ4n) is 3.23. The second kappa shape index (κ2) is 8.70. The topological polar surface area (TPSA) is 85.2 Å². The van der Waals surface area contributed by atoms with Gasteiger partial charge in [0.25, 0.3) is 11.8 Å². The minimum absolute atomic E-state index is 0.197. The highest BCUT2D eigenvalue weighted by Gasteiger charge is 2.27. The Morgan fingerprint density at radius 1 is 1.15 bits per heavy atom. The van der Waals surface area contributed by atoms with Gasteiger partial charge in [0.2, 0.25) is 0 Å². The zero-order valence-electron chi connectivity index (χ0n) is 15.9. The van der Waals surface area contributed by atoms with E-state index in [4.69, 9.17) is 4.74 Å². The predicted octanol–water partition coefficient (Wildman–Crippen LogP) is 2.30. The summed E-state index contributed by atoms with van der Waals surface area (Å²) in [4.78, 5) is 29.5. The van der Waals surface area contributed by atoms with Crippen LogP contribution in [0.1, 0.15) is 58.6 Å². The van der Waals surface area contributed by atoms with E-state index < -0.39 is 0 Å². The van der Waals surface area contributed by atoms with Gasteiger partial charge in [0.05, 0.1) is 12.8 Å². The van der Waals surface area contributed by atoms with Crippen LogP contribution < -0.4 is 15.4 Å². The number of amides is 2. The Morgan fingerprint density at radius 3 is 2.63 bits per heavy atom. The highest BCUT2D eigenvalue weighted by atomic mass is 16.5. The van der Waals surface area contributed by atoms with Crippen molar-refractivity contribution in [2.75, 3.05) is 13.7 Å². The lowest BCUT2D eigenvalue weighted by Gasteiger charge is -2.17. The van der Waals surface area contributed by atoms with Crippen LogP contribution in [0.2, 0.25) is 0 Å². The molecule has 7 heteroatoms. The summed E-state index contributed by atoms with van der Waals surface area (Å²) in [5.41, 5.74) is 2.22. The first-order valence-corrected chi connectivity index (χ1v) is 9.42. The van der Waals surface area contributed by atoms with E-state index in [0.717, 1.165) is 42.7 Å². The molecule has 2 aromatic rings. The van der Waals surface area contributed by atoms with Gasteiger partial charge in [0, 0.05) is 19.6 Å². The first-order chi connectivity index (χ1) is 13.1. The SMILES string of the molecule is CCCNC(=O)c1nc(C(=O)NCc2ccc(OC)cc2)n2c1CCCC2. The number of imidazole rings is 1. The Hall–Kier alpha value is -2.83. The van der Waals surface area contributed by atoms with Crippen LogP contribution in [-0.2, 0) is 19.5 Å². The predicted molar refractivity (Wildman–Crippen MR) is 102 cm³/mol. The van der Waals surface area contributed by atoms with Gasteiger partial charge in [0.15, 0.2) is 5.82 Å². The Balaban J connectivity index is 1.75. The summed E-state index contributed by atoms with van der Waals surface area (Å²) in [5, 5.41) is 5.76. The molecule has 2 amide bonds. The standard InChI is InChI=1S/C20H26N4O3/c1-3-11-21-19(25)17-16-6-4-5-12-24(16)18(23-17)20(26)22-13-14-7-9-15(27-2)10-8-14/h7-10H,3-6,11-13H2,1-2H3,(H,21,25)(H,22,26). The number of hydrogen-bond donors (Lipinski definition) is 2. The number of carbonyl (C=O) groups is 2. The first kappa shape index (κ1) is 18.9. The molecule has 2 heterocycles. The number of aromatic nitrogens is 2. The maximum absolute atomic E-state index is 12.7. The zero-order chi connectivity index (χ0) is 19.2. The van der Waals surface area contributed by atoms with Crippen molar-refractivity contribution in [1.29, 1.82) is 0 Å². The van der Waals surface area contributed by atoms with Crippen molar-refractivity contribution < 1.29 is 14.3 Å². The van der Waals surface area contributed by atoms with Gasteiger partial charge in [-0.1, -0.05) is 19.1 Å². The Labute approximate surface area is 159 Å². The lowest BCUT2D eigenvalue weighted by Crippen LogP contribution is -2.27. The summed E-state index contributed by atoms with van der Waals surface area (Å²) < 4.78 is 7.04. The molecule has 0 radical (unpaired) electrons. The monoisotopic (exact) mass is 370 g/mol. The average Bonchev–Trinajstić information content (AvgIpc) is 3.10. The molecular formula is C20H26N4O3. The highest BCUT2D eigenvalue weighted by Crippen LogP contribution is 2.21. The largest absolute Gasteiger partial charge is 0.497 e. The van der Waals surface area contributed by atoms with E-state index >= 15 is 0 Å². The fourth-order valence-corrected chi connectivity index (χ4v) is 3.23. The molecule has 27 heavy (non-hydrogen) atoms. The van der Waals surface area contributed by atoms with Crippen LogP contribution in [0, 0.1) is 0 Å². The Bertz CT molecular complexity index is 811. The van der Waals surface area contributed by atoms with Crippen molar-refractivity contribution in [3.05, 3.63) is 47.0 Å². The number of nitrogens with zero attached hydrogens (tertiary/aromatic N) is 2. The van der Waals surface area contributed by atoms with E-state index in [-0.39, 0.29) is 11.8 Å². The number of hydrogen-bond acceptors (Lipinski definition) is 4. The molecule has 2 N–H and O–H groups in total. The Kier molecular flexibility index (Phi) is 6.11. The molecular weight excluding hydrogens is 344 g/mol. The fraction of sp³-hybridized carbons (Fsp3) is 0.450. The van der Waals surface area contributed by atoms with E-state index in [9.17, 15) is 9.59 Å². The van der Waals surface area contributed by atoms with E-state index in [0.29, 0.717) is 31.2 Å². The van der Waals surface area contributed by atoms with Gasteiger partial charge in [-0.3, -0.25) is 9.59 Å². The molecule has 1 aliphatic rings. The maximum atomic E-state index is 12.7. The molecule has 0 saturated carbocycles. The minimum atomic E-state index is -0.261. The van der Waals surface area contributed by atoms with Gasteiger partial charge in [-0.05, 0) is 43.4 Å². The molecule has 0 unspecified atom stereocenters.